The van der Waals surface area contributed by atoms with Crippen LogP contribution in [0.4, 0.5) is 0 Å². The predicted molar refractivity (Wildman–Crippen MR) is 242 cm³/mol. The summed E-state index contributed by atoms with van der Waals surface area (Å²) in [5, 5.41) is 2.48. The van der Waals surface area contributed by atoms with E-state index in [1.807, 2.05) is 30.3 Å². The van der Waals surface area contributed by atoms with Gasteiger partial charge in [-0.1, -0.05) is 164 Å². The van der Waals surface area contributed by atoms with Crippen LogP contribution in [0.15, 0.2) is 201 Å². The van der Waals surface area contributed by atoms with Gasteiger partial charge in [0.2, 0.25) is 0 Å². The molecule has 10 rings (SSSR count). The van der Waals surface area contributed by atoms with Gasteiger partial charge in [0.1, 0.15) is 0 Å². The second-order valence-electron chi connectivity index (χ2n) is 14.5. The van der Waals surface area contributed by atoms with E-state index in [1.165, 1.54) is 21.8 Å². The molecule has 0 aliphatic carbocycles. The molecular formula is C54H38N4. The van der Waals surface area contributed by atoms with Gasteiger partial charge in [0, 0.05) is 50.0 Å². The van der Waals surface area contributed by atoms with Gasteiger partial charge in [-0.2, -0.15) is 0 Å². The van der Waals surface area contributed by atoms with Gasteiger partial charge in [-0.25, -0.2) is 9.97 Å². The lowest BCUT2D eigenvalue weighted by Gasteiger charge is -2.18. The first kappa shape index (κ1) is 34.8. The number of aryl methyl sites for hydroxylation is 1. The molecule has 4 nitrogen and oxygen atoms in total. The Bertz CT molecular complexity index is 3060. The molecule has 58 heavy (non-hydrogen) atoms. The third kappa shape index (κ3) is 6.27. The van der Waals surface area contributed by atoms with Crippen LogP contribution >= 0.6 is 0 Å². The number of fused-ring (bicyclic) bond motifs is 3. The molecule has 0 radical (unpaired) electrons. The number of nitrogens with zero attached hydrogens (tertiary/aromatic N) is 4. The summed E-state index contributed by atoms with van der Waals surface area (Å²) in [5.74, 6) is 0.646. The first-order chi connectivity index (χ1) is 28.6. The minimum atomic E-state index is 0.646. The maximum Gasteiger partial charge on any atom is 0.160 e. The van der Waals surface area contributed by atoms with Crippen LogP contribution in [0.3, 0.4) is 0 Å². The van der Waals surface area contributed by atoms with Crippen LogP contribution in [0.25, 0.3) is 101 Å². The summed E-state index contributed by atoms with van der Waals surface area (Å²) in [7, 11) is 0. The Morgan fingerprint density at radius 2 is 0.914 bits per heavy atom. The summed E-state index contributed by atoms with van der Waals surface area (Å²) < 4.78 is 2.34. The predicted octanol–water partition coefficient (Wildman–Crippen LogP) is 13.9. The maximum atomic E-state index is 5.28. The summed E-state index contributed by atoms with van der Waals surface area (Å²) >= 11 is 0. The van der Waals surface area contributed by atoms with Gasteiger partial charge in [-0.15, -0.1) is 0 Å². The molecule has 3 heterocycles. The lowest BCUT2D eigenvalue weighted by atomic mass is 9.88. The zero-order valence-electron chi connectivity index (χ0n) is 32.0. The van der Waals surface area contributed by atoms with Crippen LogP contribution in [-0.2, 0) is 0 Å². The third-order valence-electron chi connectivity index (χ3n) is 11.0. The van der Waals surface area contributed by atoms with Crippen molar-refractivity contribution in [2.24, 2.45) is 0 Å². The number of hydrogen-bond donors (Lipinski definition) is 0. The Labute approximate surface area is 338 Å². The number of para-hydroxylation sites is 2. The van der Waals surface area contributed by atoms with Crippen molar-refractivity contribution >= 4 is 27.9 Å². The maximum absolute atomic E-state index is 5.28. The third-order valence-corrected chi connectivity index (χ3v) is 11.0. The molecular weight excluding hydrogens is 705 g/mol. The molecule has 0 aliphatic rings. The molecule has 0 bridgehead atoms. The van der Waals surface area contributed by atoms with E-state index in [0.717, 1.165) is 78.5 Å². The summed E-state index contributed by atoms with van der Waals surface area (Å²) in [6.07, 6.45) is 1.92. The van der Waals surface area contributed by atoms with Gasteiger partial charge in [-0.3, -0.25) is 4.98 Å². The van der Waals surface area contributed by atoms with Gasteiger partial charge >= 0.3 is 0 Å². The zero-order valence-corrected chi connectivity index (χ0v) is 32.0. The molecule has 4 heteroatoms. The number of aromatic nitrogens is 4. The summed E-state index contributed by atoms with van der Waals surface area (Å²) in [5.41, 5.74) is 16.4. The minimum absolute atomic E-state index is 0.646. The molecule has 0 aliphatic heterocycles. The van der Waals surface area contributed by atoms with Crippen molar-refractivity contribution in [3.8, 4) is 73.1 Å². The summed E-state index contributed by atoms with van der Waals surface area (Å²) in [4.78, 5) is 15.7. The fourth-order valence-corrected chi connectivity index (χ4v) is 8.17. The second-order valence-corrected chi connectivity index (χ2v) is 14.5. The van der Waals surface area contributed by atoms with Crippen molar-refractivity contribution in [2.75, 3.05) is 0 Å². The van der Waals surface area contributed by atoms with Crippen LogP contribution in [0.1, 0.15) is 11.3 Å². The molecule has 0 atom stereocenters. The summed E-state index contributed by atoms with van der Waals surface area (Å²) in [6, 6.07) is 67.9. The van der Waals surface area contributed by atoms with E-state index < -0.39 is 0 Å². The van der Waals surface area contributed by atoms with Gasteiger partial charge in [0.05, 0.1) is 28.1 Å². The highest BCUT2D eigenvalue weighted by molar-refractivity contribution is 6.09. The molecule has 10 aromatic rings. The van der Waals surface area contributed by atoms with Gasteiger partial charge in [0.25, 0.3) is 0 Å². The van der Waals surface area contributed by atoms with Crippen molar-refractivity contribution < 1.29 is 0 Å². The Balaban J connectivity index is 1.12. The van der Waals surface area contributed by atoms with Crippen molar-refractivity contribution in [1.82, 2.24) is 19.5 Å². The highest BCUT2D eigenvalue weighted by Crippen LogP contribution is 2.41. The molecule has 0 saturated heterocycles. The Kier molecular flexibility index (Phi) is 8.85. The molecule has 0 amide bonds. The van der Waals surface area contributed by atoms with Gasteiger partial charge in [-0.05, 0) is 71.6 Å². The van der Waals surface area contributed by atoms with Crippen molar-refractivity contribution in [3.05, 3.63) is 212 Å². The number of hydrogen-bond acceptors (Lipinski definition) is 3. The molecule has 3 aromatic heterocycles. The lowest BCUT2D eigenvalue weighted by Crippen LogP contribution is -1.99. The number of rotatable bonds is 8. The normalized spacial score (nSPS) is 11.3. The zero-order chi connectivity index (χ0) is 39.0. The smallest absolute Gasteiger partial charge is 0.160 e. The monoisotopic (exact) mass is 742 g/mol. The molecule has 7 aromatic carbocycles. The van der Waals surface area contributed by atoms with Crippen LogP contribution in [0.2, 0.25) is 0 Å². The first-order valence-corrected chi connectivity index (χ1v) is 19.6. The molecule has 0 spiro atoms. The quantitative estimate of drug-likeness (QED) is 0.156. The average molecular weight is 743 g/mol. The Morgan fingerprint density at radius 1 is 0.431 bits per heavy atom. The topological polar surface area (TPSA) is 43.6 Å². The van der Waals surface area contributed by atoms with E-state index >= 15 is 0 Å². The highest BCUT2D eigenvalue weighted by Gasteiger charge is 2.19. The van der Waals surface area contributed by atoms with Crippen LogP contribution < -0.4 is 0 Å². The molecule has 0 N–H and O–H groups in total. The summed E-state index contributed by atoms with van der Waals surface area (Å²) in [6.45, 7) is 6.33. The fourth-order valence-electron chi connectivity index (χ4n) is 8.17. The first-order valence-electron chi connectivity index (χ1n) is 19.6. The fraction of sp³-hybridized carbons (Fsp3) is 0.0185. The molecule has 0 saturated carbocycles. The van der Waals surface area contributed by atoms with Crippen molar-refractivity contribution in [1.29, 1.82) is 0 Å². The van der Waals surface area contributed by atoms with Crippen LogP contribution in [0.5, 0.6) is 0 Å². The Morgan fingerprint density at radius 3 is 1.48 bits per heavy atom. The van der Waals surface area contributed by atoms with Gasteiger partial charge in [0.15, 0.2) is 5.82 Å². The van der Waals surface area contributed by atoms with Crippen LogP contribution in [-0.4, -0.2) is 19.5 Å². The van der Waals surface area contributed by atoms with E-state index in [9.17, 15) is 0 Å². The second kappa shape index (κ2) is 14.8. The van der Waals surface area contributed by atoms with E-state index in [4.69, 9.17) is 15.0 Å². The standard InChI is InChI=1S/C54H38N4/c1-3-37-27-28-42(33-46(37)53-36(2)55-48(39-19-9-5-10-20-39)34-47(53)38-17-7-4-8-18-38)54-56-49(40-21-11-6-12-22-40)35-50(57-54)41-29-31-43(32-30-41)58-51-25-15-13-23-44(51)45-24-14-16-26-52(45)58/h3-35H,1H2,2H3. The SMILES string of the molecule is C=Cc1ccc(-c2nc(-c3ccccc3)cc(-c3ccc(-n4c5ccccc5c5ccccc54)cc3)n2)cc1-c1c(-c2ccccc2)cc(-c2ccccc2)nc1C. The van der Waals surface area contributed by atoms with E-state index in [1.54, 1.807) is 0 Å². The van der Waals surface area contributed by atoms with E-state index in [0.29, 0.717) is 5.82 Å². The van der Waals surface area contributed by atoms with Crippen molar-refractivity contribution in [2.45, 2.75) is 6.92 Å². The Hall–Kier alpha value is -7.69. The van der Waals surface area contributed by atoms with Crippen LogP contribution in [0, 0.1) is 6.92 Å². The highest BCUT2D eigenvalue weighted by atomic mass is 15.0. The van der Waals surface area contributed by atoms with Gasteiger partial charge < -0.3 is 4.57 Å². The molecule has 0 fully saturated rings. The van der Waals surface area contributed by atoms with Crippen molar-refractivity contribution in [3.63, 3.8) is 0 Å². The van der Waals surface area contributed by atoms with E-state index in [2.05, 4.69) is 188 Å². The minimum Gasteiger partial charge on any atom is -0.309 e. The average Bonchev–Trinajstić information content (AvgIpc) is 3.64. The van der Waals surface area contributed by atoms with E-state index in [-0.39, 0.29) is 0 Å². The molecule has 274 valence electrons. The largest absolute Gasteiger partial charge is 0.309 e. The number of benzene rings is 7. The molecule has 0 unspecified atom stereocenters. The number of pyridine rings is 1. The lowest BCUT2D eigenvalue weighted by molar-refractivity contribution is 1.17.